The third-order valence-electron chi connectivity index (χ3n) is 11.3. The summed E-state index contributed by atoms with van der Waals surface area (Å²) in [5, 5.41) is 12.0. The molecule has 0 N–H and O–H groups in total. The topological polar surface area (TPSA) is 40.1 Å². The summed E-state index contributed by atoms with van der Waals surface area (Å²) in [5.41, 5.74) is 7.19. The number of carbonyl (C=O) groups is 1. The Labute approximate surface area is 288 Å². The van der Waals surface area contributed by atoms with E-state index in [4.69, 9.17) is 0 Å². The molecule has 0 amide bonds. The van der Waals surface area contributed by atoms with Crippen molar-refractivity contribution in [3.05, 3.63) is 29.7 Å². The molecule has 2 nitrogen and oxygen atoms in total. The molecule has 0 saturated heterocycles. The number of allylic oxidation sites excluding steroid dienone is 3. The fraction of sp³-hybridized carbons (Fsp3) is 0.818. The zero-order chi connectivity index (χ0) is 25.1. The van der Waals surface area contributed by atoms with Gasteiger partial charge >= 0.3 is 46.1 Å². The molecule has 0 radical (unpaired) electrons. The summed E-state index contributed by atoms with van der Waals surface area (Å²) < 4.78 is 0. The van der Waals surface area contributed by atoms with Gasteiger partial charge in [0.05, 0.1) is 0 Å². The Kier molecular flexibility index (Phi) is 19.8. The van der Waals surface area contributed by atoms with Gasteiger partial charge in [0.2, 0.25) is 0 Å². The largest absolute Gasteiger partial charge is 2.00 e. The first-order valence-corrected chi connectivity index (χ1v) is 13.6. The van der Waals surface area contributed by atoms with Gasteiger partial charge in [0.25, 0.3) is 0 Å². The zero-order valence-corrected chi connectivity index (χ0v) is 31.0. The average Bonchev–Trinajstić information content (AvgIpc) is 2.99. The van der Waals surface area contributed by atoms with Gasteiger partial charge in [-0.15, -0.1) is 6.10 Å². The van der Waals surface area contributed by atoms with Crippen molar-refractivity contribution in [3.63, 3.8) is 0 Å². The SMILES string of the molecule is C.CC([O-])C1CCCC2=C1C(C)(C)C(C)C2(C)C.CC1C(C)(C)C2=C(C(C=O)CCC2)C1(C)C.[CH3-].[Cl-].[Cl-].[Mg+2].[Mg+2]. The Balaban J connectivity index is -0.000000273. The molecule has 0 aromatic heterocycles. The van der Waals surface area contributed by atoms with Crippen molar-refractivity contribution in [1.82, 2.24) is 0 Å². The summed E-state index contributed by atoms with van der Waals surface area (Å²) in [6.45, 7) is 25.4. The number of rotatable bonds is 2. The molecule has 0 spiro atoms. The Bertz CT molecular complexity index is 856. The second-order valence-corrected chi connectivity index (χ2v) is 14.0. The number of aldehydes is 1. The molecule has 0 aliphatic heterocycles. The number of hydrogen-bond donors (Lipinski definition) is 0. The van der Waals surface area contributed by atoms with Crippen LogP contribution in [0.4, 0.5) is 0 Å². The molecular formula is C33H58Cl2Mg2O2. The van der Waals surface area contributed by atoms with Crippen LogP contribution in [-0.2, 0) is 4.79 Å². The first-order chi connectivity index (χ1) is 15.0. The maximum atomic E-state index is 12.0. The van der Waals surface area contributed by atoms with Gasteiger partial charge < -0.3 is 42.1 Å². The molecule has 39 heavy (non-hydrogen) atoms. The Morgan fingerprint density at radius 1 is 0.744 bits per heavy atom. The zero-order valence-electron chi connectivity index (χ0n) is 26.7. The van der Waals surface area contributed by atoms with Crippen LogP contribution in [0.15, 0.2) is 22.3 Å². The predicted molar refractivity (Wildman–Crippen MR) is 162 cm³/mol. The van der Waals surface area contributed by atoms with E-state index in [0.717, 1.165) is 12.8 Å². The number of carbonyl (C=O) groups excluding carboxylic acids is 1. The summed E-state index contributed by atoms with van der Waals surface area (Å²) in [5.74, 6) is 1.76. The van der Waals surface area contributed by atoms with Crippen molar-refractivity contribution in [1.29, 1.82) is 0 Å². The molecule has 0 aromatic rings. The fourth-order valence-electron chi connectivity index (χ4n) is 8.47. The van der Waals surface area contributed by atoms with E-state index in [-0.39, 0.29) is 119 Å². The third-order valence-corrected chi connectivity index (χ3v) is 11.3. The molecular weight excluding hydrogens is 548 g/mol. The van der Waals surface area contributed by atoms with Gasteiger partial charge in [0.1, 0.15) is 6.29 Å². The van der Waals surface area contributed by atoms with Crippen LogP contribution in [-0.4, -0.2) is 58.5 Å². The van der Waals surface area contributed by atoms with E-state index in [1.54, 1.807) is 11.1 Å². The monoisotopic (exact) mass is 604 g/mol. The first-order valence-electron chi connectivity index (χ1n) is 13.6. The molecule has 4 aliphatic carbocycles. The maximum absolute atomic E-state index is 12.0. The average molecular weight is 606 g/mol. The fourth-order valence-corrected chi connectivity index (χ4v) is 8.47. The van der Waals surface area contributed by atoms with Gasteiger partial charge in [0, 0.05) is 5.92 Å². The van der Waals surface area contributed by atoms with E-state index in [0.29, 0.717) is 11.8 Å². The van der Waals surface area contributed by atoms with Gasteiger partial charge in [0.15, 0.2) is 0 Å². The van der Waals surface area contributed by atoms with Crippen LogP contribution in [0, 0.1) is 52.8 Å². The van der Waals surface area contributed by atoms with E-state index >= 15 is 0 Å². The van der Waals surface area contributed by atoms with Crippen LogP contribution in [0.3, 0.4) is 0 Å². The quantitative estimate of drug-likeness (QED) is 0.209. The Morgan fingerprint density at radius 2 is 1.10 bits per heavy atom. The second-order valence-electron chi connectivity index (χ2n) is 14.0. The second kappa shape index (κ2) is 16.3. The van der Waals surface area contributed by atoms with Crippen LogP contribution in [0.5, 0.6) is 0 Å². The summed E-state index contributed by atoms with van der Waals surface area (Å²) in [7, 11) is 0. The summed E-state index contributed by atoms with van der Waals surface area (Å²) in [4.78, 5) is 11.3. The van der Waals surface area contributed by atoms with Gasteiger partial charge in [-0.2, -0.15) is 0 Å². The smallest absolute Gasteiger partial charge is 1.00 e. The van der Waals surface area contributed by atoms with Crippen molar-refractivity contribution < 1.29 is 34.7 Å². The molecule has 0 fully saturated rings. The molecule has 4 aliphatic rings. The molecule has 6 heteroatoms. The van der Waals surface area contributed by atoms with E-state index in [1.165, 1.54) is 43.1 Å². The number of hydrogen-bond acceptors (Lipinski definition) is 2. The molecule has 5 unspecified atom stereocenters. The van der Waals surface area contributed by atoms with Crippen molar-refractivity contribution in [2.75, 3.05) is 0 Å². The predicted octanol–water partition coefficient (Wildman–Crippen LogP) is 1.85. The van der Waals surface area contributed by atoms with Crippen LogP contribution in [0.2, 0.25) is 0 Å². The molecule has 4 rings (SSSR count). The minimum Gasteiger partial charge on any atom is -1.00 e. The van der Waals surface area contributed by atoms with E-state index in [2.05, 4.69) is 69.2 Å². The van der Waals surface area contributed by atoms with Gasteiger partial charge in [-0.05, 0) is 77.9 Å². The minimum atomic E-state index is -0.444. The standard InChI is InChI=1S/C16H27O.C15H24O.CH4.CH3.2ClH.2Mg/c1-10(17)12-8-7-9-13-14(12)16(5,6)11(2)15(13,3)4;1-10-14(2,3)12-8-6-7-11(9-16)13(12)15(10,4)5;;;;;;/h10-12H,7-9H2,1-6H3;9-11H,6-8H2,1-5H3;1H4;1H3;2*1H;;/q-1;;;-1;;;2*+2/p-2. The summed E-state index contributed by atoms with van der Waals surface area (Å²) in [6.07, 6.45) is 7.74. The maximum Gasteiger partial charge on any atom is 2.00 e. The first kappa shape index (κ1) is 47.2. The van der Waals surface area contributed by atoms with Crippen LogP contribution >= 0.6 is 0 Å². The molecule has 220 valence electrons. The van der Waals surface area contributed by atoms with Gasteiger partial charge in [-0.1, -0.05) is 106 Å². The molecule has 0 aromatic carbocycles. The summed E-state index contributed by atoms with van der Waals surface area (Å²) in [6, 6.07) is 0. The van der Waals surface area contributed by atoms with Crippen molar-refractivity contribution in [3.8, 4) is 0 Å². The minimum absolute atomic E-state index is 0. The van der Waals surface area contributed by atoms with Crippen molar-refractivity contribution in [2.45, 2.75) is 128 Å². The Hall–Kier alpha value is 1.22. The molecule has 5 atom stereocenters. The third kappa shape index (κ3) is 7.85. The van der Waals surface area contributed by atoms with Gasteiger partial charge in [-0.3, -0.25) is 0 Å². The molecule has 0 heterocycles. The van der Waals surface area contributed by atoms with E-state index in [9.17, 15) is 9.90 Å². The Morgan fingerprint density at radius 3 is 1.49 bits per heavy atom. The van der Waals surface area contributed by atoms with E-state index in [1.807, 2.05) is 6.92 Å². The van der Waals surface area contributed by atoms with E-state index < -0.39 is 6.10 Å². The van der Waals surface area contributed by atoms with Crippen molar-refractivity contribution in [2.24, 2.45) is 45.3 Å². The van der Waals surface area contributed by atoms with Crippen LogP contribution in [0.25, 0.3) is 0 Å². The van der Waals surface area contributed by atoms with Gasteiger partial charge in [-0.25, -0.2) is 0 Å². The molecule has 0 bridgehead atoms. The molecule has 0 saturated carbocycles. The summed E-state index contributed by atoms with van der Waals surface area (Å²) >= 11 is 0. The van der Waals surface area contributed by atoms with Crippen molar-refractivity contribution >= 4 is 52.4 Å². The normalized spacial score (nSPS) is 30.9. The van der Waals surface area contributed by atoms with Crippen LogP contribution < -0.4 is 29.9 Å². The number of halogens is 2. The van der Waals surface area contributed by atoms with Crippen LogP contribution in [0.1, 0.15) is 122 Å².